The number of anilines is 3. The Balaban J connectivity index is 1.28. The Hall–Kier alpha value is -6.46. The summed E-state index contributed by atoms with van der Waals surface area (Å²) in [6.07, 6.45) is 1.97. The number of pyridine rings is 1. The normalized spacial score (nSPS) is 17.0. The lowest BCUT2D eigenvalue weighted by Gasteiger charge is -2.42. The van der Waals surface area contributed by atoms with Crippen LogP contribution in [-0.4, -0.2) is 22.1 Å². The number of ether oxygens (including phenoxy) is 1. The highest BCUT2D eigenvalue weighted by molar-refractivity contribution is 6.12. The van der Waals surface area contributed by atoms with Gasteiger partial charge in [-0.1, -0.05) is 112 Å². The van der Waals surface area contributed by atoms with E-state index >= 15 is 0 Å². The third kappa shape index (κ3) is 6.35. The van der Waals surface area contributed by atoms with Gasteiger partial charge in [0.05, 0.1) is 22.4 Å². The van der Waals surface area contributed by atoms with E-state index in [1.165, 1.54) is 66.5 Å². The van der Waals surface area contributed by atoms with Crippen LogP contribution in [0.3, 0.4) is 0 Å². The van der Waals surface area contributed by atoms with Gasteiger partial charge in [0.25, 0.3) is 0 Å². The summed E-state index contributed by atoms with van der Waals surface area (Å²) in [6.45, 7) is 25.3. The smallest absolute Gasteiger partial charge is 0.217 e. The summed E-state index contributed by atoms with van der Waals surface area (Å²) in [6, 6.07) is 45.2. The molecule has 4 heterocycles. The molecular formula is C57H56N4O. The summed E-state index contributed by atoms with van der Waals surface area (Å²) >= 11 is 0. The van der Waals surface area contributed by atoms with Crippen LogP contribution in [0.4, 0.5) is 17.1 Å². The lowest BCUT2D eigenvalue weighted by atomic mass is 9.72. The van der Waals surface area contributed by atoms with Gasteiger partial charge in [-0.2, -0.15) is 0 Å². The number of hydrogen-bond acceptors (Lipinski definition) is 4. The molecule has 10 rings (SSSR count). The molecule has 0 unspecified atom stereocenters. The third-order valence-electron chi connectivity index (χ3n) is 13.5. The van der Waals surface area contributed by atoms with Crippen molar-refractivity contribution >= 4 is 44.8 Å². The fraction of sp³-hybridized carbons (Fsp3) is 0.263. The second-order valence-electron chi connectivity index (χ2n) is 19.8. The van der Waals surface area contributed by atoms with Crippen molar-refractivity contribution in [1.82, 2.24) is 9.55 Å². The summed E-state index contributed by atoms with van der Waals surface area (Å²) in [7, 11) is 0. The molecule has 5 heteroatoms. The molecule has 0 N–H and O–H groups in total. The largest absolute Gasteiger partial charge is 0.475 e. The summed E-state index contributed by atoms with van der Waals surface area (Å²) in [5, 5.41) is 2.46. The molecule has 62 heavy (non-hydrogen) atoms. The zero-order valence-electron chi connectivity index (χ0n) is 38.0. The SMILES string of the molecule is Cc1cc(C)c(-c2cc(C3=N[C@](C)(c4ccccc4)CO3)cc(N3c4ccc(C)cc4C(C)(C)c4cc5c6cc(C)ccc6n(-c6cc(C(C)(C)C)ccn6)c5cc43)c2)c(C)c1. The number of nitrogens with zero attached hydrogens (tertiary/aromatic N) is 4. The van der Waals surface area contributed by atoms with Gasteiger partial charge in [-0.25, -0.2) is 9.98 Å². The van der Waals surface area contributed by atoms with Gasteiger partial charge in [0.2, 0.25) is 5.90 Å². The fourth-order valence-corrected chi connectivity index (χ4v) is 10.2. The first kappa shape index (κ1) is 39.7. The van der Waals surface area contributed by atoms with Gasteiger partial charge in [-0.3, -0.25) is 4.57 Å². The van der Waals surface area contributed by atoms with Crippen LogP contribution in [0.5, 0.6) is 0 Å². The van der Waals surface area contributed by atoms with Crippen molar-refractivity contribution in [3.05, 3.63) is 183 Å². The molecule has 5 nitrogen and oxygen atoms in total. The molecule has 0 bridgehead atoms. The summed E-state index contributed by atoms with van der Waals surface area (Å²) < 4.78 is 9.01. The van der Waals surface area contributed by atoms with Crippen molar-refractivity contribution in [2.24, 2.45) is 4.99 Å². The van der Waals surface area contributed by atoms with E-state index in [4.69, 9.17) is 14.7 Å². The number of hydrogen-bond donors (Lipinski definition) is 0. The molecule has 2 aliphatic rings. The van der Waals surface area contributed by atoms with Crippen LogP contribution >= 0.6 is 0 Å². The first-order valence-electron chi connectivity index (χ1n) is 22.0. The van der Waals surface area contributed by atoms with E-state index in [0.717, 1.165) is 44.9 Å². The van der Waals surface area contributed by atoms with Gasteiger partial charge < -0.3 is 9.64 Å². The average Bonchev–Trinajstić information content (AvgIpc) is 3.78. The van der Waals surface area contributed by atoms with E-state index in [1.54, 1.807) is 0 Å². The molecule has 310 valence electrons. The number of aryl methyl sites for hydroxylation is 5. The number of aliphatic imine (C=N–C) groups is 1. The molecule has 0 amide bonds. The molecule has 0 spiro atoms. The maximum atomic E-state index is 6.63. The molecule has 0 saturated carbocycles. The predicted molar refractivity (Wildman–Crippen MR) is 259 cm³/mol. The molecule has 2 aliphatic heterocycles. The summed E-state index contributed by atoms with van der Waals surface area (Å²) in [5.74, 6) is 1.59. The Morgan fingerprint density at radius 2 is 1.29 bits per heavy atom. The Labute approximate surface area is 366 Å². The van der Waals surface area contributed by atoms with E-state index < -0.39 is 5.54 Å². The second-order valence-corrected chi connectivity index (χ2v) is 19.8. The Morgan fingerprint density at radius 1 is 0.613 bits per heavy atom. The van der Waals surface area contributed by atoms with Gasteiger partial charge in [0.15, 0.2) is 0 Å². The van der Waals surface area contributed by atoms with Crippen LogP contribution in [0, 0.1) is 34.6 Å². The monoisotopic (exact) mass is 812 g/mol. The molecule has 0 saturated heterocycles. The zero-order chi connectivity index (χ0) is 43.5. The van der Waals surface area contributed by atoms with E-state index in [-0.39, 0.29) is 10.8 Å². The van der Waals surface area contributed by atoms with Gasteiger partial charge in [-0.05, 0) is 152 Å². The van der Waals surface area contributed by atoms with E-state index in [2.05, 4.69) is 207 Å². The Bertz CT molecular complexity index is 3140. The molecule has 6 aromatic carbocycles. The van der Waals surface area contributed by atoms with E-state index in [1.807, 2.05) is 6.20 Å². The average molecular weight is 813 g/mol. The minimum atomic E-state index is -0.496. The van der Waals surface area contributed by atoms with Crippen molar-refractivity contribution in [1.29, 1.82) is 0 Å². The van der Waals surface area contributed by atoms with Crippen LogP contribution < -0.4 is 4.90 Å². The van der Waals surface area contributed by atoms with Crippen molar-refractivity contribution < 1.29 is 4.74 Å². The van der Waals surface area contributed by atoms with Crippen LogP contribution in [0.2, 0.25) is 0 Å². The summed E-state index contributed by atoms with van der Waals surface area (Å²) in [4.78, 5) is 12.9. The molecule has 0 fully saturated rings. The quantitative estimate of drug-likeness (QED) is 0.174. The van der Waals surface area contributed by atoms with Crippen molar-refractivity contribution in [2.75, 3.05) is 11.5 Å². The van der Waals surface area contributed by atoms with Crippen LogP contribution in [0.15, 0.2) is 133 Å². The minimum Gasteiger partial charge on any atom is -0.475 e. The van der Waals surface area contributed by atoms with Gasteiger partial charge >= 0.3 is 0 Å². The van der Waals surface area contributed by atoms with Crippen molar-refractivity contribution in [3.8, 4) is 16.9 Å². The maximum absolute atomic E-state index is 6.63. The van der Waals surface area contributed by atoms with Crippen molar-refractivity contribution in [3.63, 3.8) is 0 Å². The number of rotatable bonds is 5. The lowest BCUT2D eigenvalue weighted by Crippen LogP contribution is -2.31. The molecule has 2 aromatic heterocycles. The van der Waals surface area contributed by atoms with Crippen LogP contribution in [-0.2, 0) is 21.1 Å². The number of fused-ring (bicyclic) bond motifs is 5. The first-order chi connectivity index (χ1) is 29.5. The molecule has 1 atom stereocenters. The second kappa shape index (κ2) is 14.0. The third-order valence-corrected chi connectivity index (χ3v) is 13.5. The van der Waals surface area contributed by atoms with Gasteiger partial charge in [0.1, 0.15) is 18.0 Å². The highest BCUT2D eigenvalue weighted by Gasteiger charge is 2.39. The Morgan fingerprint density at radius 3 is 2.03 bits per heavy atom. The summed E-state index contributed by atoms with van der Waals surface area (Å²) in [5.41, 5.74) is 19.4. The molecule has 0 radical (unpaired) electrons. The van der Waals surface area contributed by atoms with Gasteiger partial charge in [-0.15, -0.1) is 0 Å². The maximum Gasteiger partial charge on any atom is 0.217 e. The minimum absolute atomic E-state index is 0.0301. The van der Waals surface area contributed by atoms with Crippen LogP contribution in [0.25, 0.3) is 38.8 Å². The van der Waals surface area contributed by atoms with E-state index in [9.17, 15) is 0 Å². The highest BCUT2D eigenvalue weighted by atomic mass is 16.5. The Kier molecular flexibility index (Phi) is 8.98. The zero-order valence-corrected chi connectivity index (χ0v) is 38.0. The van der Waals surface area contributed by atoms with Crippen LogP contribution in [0.1, 0.15) is 97.2 Å². The predicted octanol–water partition coefficient (Wildman–Crippen LogP) is 14.5. The van der Waals surface area contributed by atoms with E-state index in [0.29, 0.717) is 12.5 Å². The number of aromatic nitrogens is 2. The fourth-order valence-electron chi connectivity index (χ4n) is 10.2. The standard InChI is InChI=1S/C57H56N4O/c1-34-17-19-48-44(25-34)45-31-47-51(32-50(45)61(48)52-30-42(21-22-58-52)55(6,7)8)60(49-20-18-35(2)26-46(49)56(47,9)10)43-28-39(53-37(4)23-36(3)24-38(53)5)27-40(29-43)54-59-57(11,33-62-54)41-15-13-12-14-16-41/h12-32H,33H2,1-11H3/t57-/m0/s1. The van der Waals surface area contributed by atoms with Crippen molar-refractivity contribution in [2.45, 2.75) is 92.5 Å². The number of benzene rings is 6. The molecular weight excluding hydrogens is 757 g/mol. The highest BCUT2D eigenvalue weighted by Crippen LogP contribution is 2.55. The lowest BCUT2D eigenvalue weighted by molar-refractivity contribution is 0.269. The topological polar surface area (TPSA) is 42.6 Å². The first-order valence-corrected chi connectivity index (χ1v) is 22.0. The molecule has 8 aromatic rings. The van der Waals surface area contributed by atoms with Gasteiger partial charge in [0, 0.05) is 33.6 Å². The molecule has 0 aliphatic carbocycles.